The zero-order valence-corrected chi connectivity index (χ0v) is 5.28. The first kappa shape index (κ1) is 3.35. The summed E-state index contributed by atoms with van der Waals surface area (Å²) in [6.07, 6.45) is 0. The largest absolute Gasteiger partial charge is 0.110 e. The van der Waals surface area contributed by atoms with E-state index in [0.717, 1.165) is 0 Å². The molecule has 0 saturated carbocycles. The van der Waals surface area contributed by atoms with Crippen LogP contribution in [0, 0.1) is 0 Å². The van der Waals surface area contributed by atoms with Crippen molar-refractivity contribution in [2.45, 2.75) is 0 Å². The van der Waals surface area contributed by atoms with Crippen molar-refractivity contribution < 1.29 is 0 Å². The van der Waals surface area contributed by atoms with Crippen molar-refractivity contribution in [1.29, 1.82) is 0 Å². The van der Waals surface area contributed by atoms with Crippen LogP contribution >= 0.6 is 23.7 Å². The van der Waals surface area contributed by atoms with Gasteiger partial charge in [0.1, 0.15) is 0 Å². The predicted octanol–water partition coefficient (Wildman–Crippen LogP) is 1.82. The van der Waals surface area contributed by atoms with Crippen molar-refractivity contribution in [1.82, 2.24) is 0 Å². The highest BCUT2D eigenvalue weighted by Gasteiger charge is 1.93. The summed E-state index contributed by atoms with van der Waals surface area (Å²) < 4.78 is 0. The molecule has 1 rings (SSSR count). The Morgan fingerprint density at radius 1 is 2.00 bits per heavy atom. The first-order valence-electron chi connectivity index (χ1n) is 1.18. The molecule has 0 spiro atoms. The first-order valence-corrected chi connectivity index (χ1v) is 6.62. The summed E-state index contributed by atoms with van der Waals surface area (Å²) in [5, 5.41) is 0. The van der Waals surface area contributed by atoms with E-state index in [4.69, 9.17) is 0 Å². The molecule has 2 atom stereocenters. The molecule has 0 bridgehead atoms. The highest BCUT2D eigenvalue weighted by molar-refractivity contribution is 8.39. The van der Waals surface area contributed by atoms with Gasteiger partial charge in [0, 0.05) is 5.90 Å². The van der Waals surface area contributed by atoms with E-state index in [1.165, 1.54) is 5.90 Å². The van der Waals surface area contributed by atoms with Crippen LogP contribution in [-0.4, -0.2) is 5.90 Å². The SMILES string of the molecule is P[PH]1=PC1. The number of hydrogen-bond acceptors (Lipinski definition) is 0. The molecule has 0 aromatic carbocycles. The molecule has 0 saturated heterocycles. The topological polar surface area (TPSA) is 0 Å². The molecule has 4 heavy (non-hydrogen) atoms. The highest BCUT2D eigenvalue weighted by atomic mass is 32.3. The lowest BCUT2D eigenvalue weighted by molar-refractivity contribution is 2.36. The van der Waals surface area contributed by atoms with Crippen molar-refractivity contribution in [3.63, 3.8) is 0 Å². The maximum atomic E-state index is 2.86. The fourth-order valence-electron chi connectivity index (χ4n) is 0.0456. The Morgan fingerprint density at radius 3 is 2.25 bits per heavy atom. The van der Waals surface area contributed by atoms with E-state index in [2.05, 4.69) is 8.93 Å². The van der Waals surface area contributed by atoms with Crippen molar-refractivity contribution in [3.8, 4) is 0 Å². The van der Waals surface area contributed by atoms with E-state index < -0.39 is 0 Å². The molecular weight excluding hydrogens is 105 g/mol. The summed E-state index contributed by atoms with van der Waals surface area (Å²) in [5.41, 5.74) is 0. The van der Waals surface area contributed by atoms with Crippen LogP contribution < -0.4 is 0 Å². The van der Waals surface area contributed by atoms with Gasteiger partial charge in [-0.15, -0.1) is 16.8 Å². The zero-order valence-electron chi connectivity index (χ0n) is 2.23. The van der Waals surface area contributed by atoms with Crippen LogP contribution in [0.1, 0.15) is 0 Å². The molecule has 0 fully saturated rings. The molecule has 0 radical (unpaired) electrons. The molecule has 0 amide bonds. The van der Waals surface area contributed by atoms with Crippen LogP contribution in [-0.2, 0) is 0 Å². The summed E-state index contributed by atoms with van der Waals surface area (Å²) in [4.78, 5) is 0. The standard InChI is InChI=1S/CH5P3/c2-4-1-3-4/h4H,1-2H2. The Bertz CT molecular complexity index is 54.3. The van der Waals surface area contributed by atoms with Gasteiger partial charge in [0.15, 0.2) is 0 Å². The van der Waals surface area contributed by atoms with Gasteiger partial charge < -0.3 is 0 Å². The molecule has 0 N–H and O–H groups in total. The van der Waals surface area contributed by atoms with Crippen molar-refractivity contribution in [2.75, 3.05) is 5.90 Å². The second kappa shape index (κ2) is 1.09. The molecule has 0 aliphatic carbocycles. The van der Waals surface area contributed by atoms with Crippen LogP contribution in [0.15, 0.2) is 0 Å². The maximum Gasteiger partial charge on any atom is 0.0138 e. The monoisotopic (exact) mass is 110 g/mol. The van der Waals surface area contributed by atoms with E-state index in [1.807, 2.05) is 0 Å². The zero-order chi connectivity index (χ0) is 2.99. The summed E-state index contributed by atoms with van der Waals surface area (Å²) in [6, 6.07) is 0. The predicted molar refractivity (Wildman–Crippen MR) is 29.8 cm³/mol. The third-order valence-electron chi connectivity index (χ3n) is 0.341. The Morgan fingerprint density at radius 2 is 2.25 bits per heavy atom. The van der Waals surface area contributed by atoms with Crippen LogP contribution in [0.2, 0.25) is 0 Å². The van der Waals surface area contributed by atoms with E-state index in [9.17, 15) is 0 Å². The molecule has 1 aliphatic heterocycles. The van der Waals surface area contributed by atoms with Crippen LogP contribution in [0.4, 0.5) is 0 Å². The van der Waals surface area contributed by atoms with Crippen molar-refractivity contribution in [3.05, 3.63) is 0 Å². The Kier molecular flexibility index (Phi) is 0.918. The smallest absolute Gasteiger partial charge is 0.0138 e. The lowest BCUT2D eigenvalue weighted by atomic mass is 11.9. The fraction of sp³-hybridized carbons (Fsp3) is 1.00. The van der Waals surface area contributed by atoms with Gasteiger partial charge in [0.05, 0.1) is 0 Å². The molecule has 0 aromatic heterocycles. The third-order valence-corrected chi connectivity index (χ3v) is 6.35. The quantitative estimate of drug-likeness (QED) is 0.417. The molecule has 24 valence electrons. The summed E-state index contributed by atoms with van der Waals surface area (Å²) in [6.45, 7) is 0.259. The maximum absolute atomic E-state index is 2.86. The third kappa shape index (κ3) is 0.852. The van der Waals surface area contributed by atoms with Gasteiger partial charge >= 0.3 is 0 Å². The van der Waals surface area contributed by atoms with E-state index in [1.54, 1.807) is 7.87 Å². The average molecular weight is 110 g/mol. The van der Waals surface area contributed by atoms with Crippen molar-refractivity contribution in [2.24, 2.45) is 0 Å². The fourth-order valence-corrected chi connectivity index (χ4v) is 3.70. The highest BCUT2D eigenvalue weighted by Crippen LogP contribution is 2.61. The van der Waals surface area contributed by atoms with Gasteiger partial charge in [-0.25, -0.2) is 0 Å². The van der Waals surface area contributed by atoms with Crippen LogP contribution in [0.5, 0.6) is 0 Å². The molecule has 1 heterocycles. The molecule has 0 nitrogen and oxygen atoms in total. The normalized spacial score (nSPS) is 41.8. The lowest BCUT2D eigenvalue weighted by Crippen LogP contribution is -1.07. The van der Waals surface area contributed by atoms with Gasteiger partial charge in [0.2, 0.25) is 0 Å². The minimum atomic E-state index is 0.259. The van der Waals surface area contributed by atoms with Gasteiger partial charge in [-0.05, 0) is 0 Å². The molecule has 0 aromatic rings. The van der Waals surface area contributed by atoms with Crippen LogP contribution in [0.3, 0.4) is 0 Å². The summed E-state index contributed by atoms with van der Waals surface area (Å²) >= 11 is 0. The number of rotatable bonds is 0. The van der Waals surface area contributed by atoms with E-state index >= 15 is 0 Å². The second-order valence-electron chi connectivity index (χ2n) is 0.808. The molecular formula is CH5P3. The average Bonchev–Trinajstić information content (AvgIpc) is 1.75. The van der Waals surface area contributed by atoms with E-state index in [0.29, 0.717) is 0 Å². The minimum absolute atomic E-state index is 0.259. The molecule has 2 unspecified atom stereocenters. The first-order chi connectivity index (χ1) is 1.89. The summed E-state index contributed by atoms with van der Waals surface area (Å²) in [5.74, 6) is 1.52. The Hall–Kier alpha value is 1.16. The van der Waals surface area contributed by atoms with E-state index in [-0.39, 0.29) is 6.90 Å². The van der Waals surface area contributed by atoms with Gasteiger partial charge in [-0.2, -0.15) is 0 Å². The summed E-state index contributed by atoms with van der Waals surface area (Å²) in [7, 11) is 4.59. The van der Waals surface area contributed by atoms with Gasteiger partial charge in [-0.3, -0.25) is 0 Å². The Balaban J connectivity index is 2.54. The Labute approximate surface area is 30.5 Å². The number of hydrogen-bond donors (Lipinski definition) is 0. The molecule has 1 aliphatic rings. The molecule has 3 heteroatoms. The van der Waals surface area contributed by atoms with Gasteiger partial charge in [-0.1, -0.05) is 6.90 Å². The van der Waals surface area contributed by atoms with Crippen molar-refractivity contribution >= 4 is 23.7 Å². The van der Waals surface area contributed by atoms with Crippen LogP contribution in [0.25, 0.3) is 0 Å². The second-order valence-corrected chi connectivity index (χ2v) is 9.59. The lowest BCUT2D eigenvalue weighted by Gasteiger charge is -1.48. The minimum Gasteiger partial charge on any atom is -0.110 e. The van der Waals surface area contributed by atoms with Gasteiger partial charge in [0.25, 0.3) is 0 Å².